The molecule has 1 saturated carbocycles. The molecule has 1 aliphatic carbocycles. The molecule has 21 heavy (non-hydrogen) atoms. The fraction of sp³-hybridized carbons (Fsp3) is 0.611. The Bertz CT molecular complexity index is 480. The Morgan fingerprint density at radius 2 is 2.19 bits per heavy atom. The molecule has 0 saturated heterocycles. The van der Waals surface area contributed by atoms with E-state index in [1.807, 2.05) is 12.1 Å². The minimum atomic E-state index is 0.551. The van der Waals surface area contributed by atoms with Crippen LogP contribution in [0.3, 0.4) is 0 Å². The van der Waals surface area contributed by atoms with Crippen LogP contribution in [0.5, 0.6) is 5.75 Å². The fourth-order valence-electron chi connectivity index (χ4n) is 3.11. The van der Waals surface area contributed by atoms with Crippen LogP contribution in [-0.2, 0) is 0 Å². The van der Waals surface area contributed by atoms with Gasteiger partial charge in [0.15, 0.2) is 0 Å². The highest BCUT2D eigenvalue weighted by Gasteiger charge is 2.25. The molecule has 2 rings (SSSR count). The van der Waals surface area contributed by atoms with Crippen molar-refractivity contribution in [3.8, 4) is 11.8 Å². The van der Waals surface area contributed by atoms with Crippen molar-refractivity contribution < 1.29 is 4.74 Å². The maximum Gasteiger partial charge on any atom is 0.121 e. The van der Waals surface area contributed by atoms with Crippen molar-refractivity contribution >= 4 is 5.69 Å². The van der Waals surface area contributed by atoms with Crippen molar-refractivity contribution in [1.82, 2.24) is 0 Å². The lowest BCUT2D eigenvalue weighted by atomic mass is 9.80. The summed E-state index contributed by atoms with van der Waals surface area (Å²) >= 11 is 0. The maximum absolute atomic E-state index is 8.52. The Morgan fingerprint density at radius 3 is 2.95 bits per heavy atom. The van der Waals surface area contributed by atoms with Crippen LogP contribution in [0.4, 0.5) is 5.69 Å². The number of hydrogen-bond acceptors (Lipinski definition) is 3. The number of ether oxygens (including phenoxy) is 1. The molecule has 0 radical (unpaired) electrons. The van der Waals surface area contributed by atoms with Gasteiger partial charge in [0.25, 0.3) is 0 Å². The van der Waals surface area contributed by atoms with E-state index in [-0.39, 0.29) is 0 Å². The maximum atomic E-state index is 8.52. The molecule has 3 nitrogen and oxygen atoms in total. The zero-order chi connectivity index (χ0) is 15.1. The number of rotatable bonds is 6. The molecule has 1 aromatic rings. The summed E-state index contributed by atoms with van der Waals surface area (Å²) in [5, 5.41) is 12.2. The topological polar surface area (TPSA) is 45.0 Å². The van der Waals surface area contributed by atoms with Gasteiger partial charge in [0.1, 0.15) is 5.75 Å². The van der Waals surface area contributed by atoms with Crippen LogP contribution in [0.15, 0.2) is 24.3 Å². The smallest absolute Gasteiger partial charge is 0.121 e. The number of nitriles is 1. The zero-order valence-electron chi connectivity index (χ0n) is 13.1. The SMILES string of the molecule is CC1CCC(Nc2cccc(OCCCC#N)c2)C(C)C1. The highest BCUT2D eigenvalue weighted by molar-refractivity contribution is 5.49. The summed E-state index contributed by atoms with van der Waals surface area (Å²) in [6, 6.07) is 10.9. The van der Waals surface area contributed by atoms with E-state index in [1.54, 1.807) is 0 Å². The summed E-state index contributed by atoms with van der Waals surface area (Å²) in [6.45, 7) is 5.30. The van der Waals surface area contributed by atoms with E-state index in [1.165, 1.54) is 19.3 Å². The molecule has 1 aliphatic rings. The van der Waals surface area contributed by atoms with Crippen LogP contribution < -0.4 is 10.1 Å². The molecule has 0 amide bonds. The van der Waals surface area contributed by atoms with Gasteiger partial charge in [-0.1, -0.05) is 19.9 Å². The monoisotopic (exact) mass is 286 g/mol. The second kappa shape index (κ2) is 7.93. The predicted molar refractivity (Wildman–Crippen MR) is 86.4 cm³/mol. The first-order chi connectivity index (χ1) is 10.2. The number of anilines is 1. The van der Waals surface area contributed by atoms with E-state index in [4.69, 9.17) is 10.00 Å². The molecule has 1 fully saturated rings. The molecule has 1 aromatic carbocycles. The van der Waals surface area contributed by atoms with E-state index >= 15 is 0 Å². The van der Waals surface area contributed by atoms with E-state index < -0.39 is 0 Å². The predicted octanol–water partition coefficient (Wildman–Crippen LogP) is 4.61. The Labute approximate surface area is 128 Å². The summed E-state index contributed by atoms with van der Waals surface area (Å²) in [6.07, 6.45) is 5.20. The first kappa shape index (κ1) is 15.7. The largest absolute Gasteiger partial charge is 0.493 e. The number of nitrogens with one attached hydrogen (secondary N) is 1. The van der Waals surface area contributed by atoms with Gasteiger partial charge in [0.2, 0.25) is 0 Å². The lowest BCUT2D eigenvalue weighted by Gasteiger charge is -2.33. The van der Waals surface area contributed by atoms with Crippen molar-refractivity contribution in [2.75, 3.05) is 11.9 Å². The van der Waals surface area contributed by atoms with Crippen molar-refractivity contribution in [1.29, 1.82) is 5.26 Å². The third-order valence-electron chi connectivity index (χ3n) is 4.32. The third kappa shape index (κ3) is 4.97. The second-order valence-electron chi connectivity index (χ2n) is 6.28. The molecular weight excluding hydrogens is 260 g/mol. The molecule has 0 bridgehead atoms. The minimum Gasteiger partial charge on any atom is -0.493 e. The Morgan fingerprint density at radius 1 is 1.33 bits per heavy atom. The van der Waals surface area contributed by atoms with Gasteiger partial charge in [-0.05, 0) is 49.7 Å². The van der Waals surface area contributed by atoms with Crippen molar-refractivity contribution in [2.24, 2.45) is 11.8 Å². The van der Waals surface area contributed by atoms with Crippen molar-refractivity contribution in [2.45, 2.75) is 52.0 Å². The Kier molecular flexibility index (Phi) is 5.92. The van der Waals surface area contributed by atoms with Crippen LogP contribution >= 0.6 is 0 Å². The summed E-state index contributed by atoms with van der Waals surface area (Å²) in [7, 11) is 0. The summed E-state index contributed by atoms with van der Waals surface area (Å²) in [4.78, 5) is 0. The normalized spacial score (nSPS) is 25.1. The van der Waals surface area contributed by atoms with Gasteiger partial charge in [-0.25, -0.2) is 0 Å². The summed E-state index contributed by atoms with van der Waals surface area (Å²) in [5.74, 6) is 2.46. The number of nitrogens with zero attached hydrogens (tertiary/aromatic N) is 1. The van der Waals surface area contributed by atoms with E-state index in [0.29, 0.717) is 25.0 Å². The second-order valence-corrected chi connectivity index (χ2v) is 6.28. The van der Waals surface area contributed by atoms with Crippen molar-refractivity contribution in [3.05, 3.63) is 24.3 Å². The van der Waals surface area contributed by atoms with E-state index in [0.717, 1.165) is 23.8 Å². The van der Waals surface area contributed by atoms with Crippen LogP contribution in [-0.4, -0.2) is 12.6 Å². The number of hydrogen-bond donors (Lipinski definition) is 1. The lowest BCUT2D eigenvalue weighted by Crippen LogP contribution is -2.32. The average molecular weight is 286 g/mol. The zero-order valence-corrected chi connectivity index (χ0v) is 13.1. The molecule has 3 heteroatoms. The van der Waals surface area contributed by atoms with Gasteiger partial charge in [-0.2, -0.15) is 5.26 Å². The molecule has 1 N–H and O–H groups in total. The molecule has 3 atom stereocenters. The quantitative estimate of drug-likeness (QED) is 0.777. The fourth-order valence-corrected chi connectivity index (χ4v) is 3.11. The Balaban J connectivity index is 1.87. The van der Waals surface area contributed by atoms with Crippen LogP contribution in [0.25, 0.3) is 0 Å². The van der Waals surface area contributed by atoms with Gasteiger partial charge < -0.3 is 10.1 Å². The lowest BCUT2D eigenvalue weighted by molar-refractivity contribution is 0.276. The molecule has 0 aliphatic heterocycles. The highest BCUT2D eigenvalue weighted by Crippen LogP contribution is 2.31. The van der Waals surface area contributed by atoms with Gasteiger partial charge in [0, 0.05) is 24.2 Å². The standard InChI is InChI=1S/C18H26N2O/c1-14-8-9-18(15(2)12-14)20-16-6-5-7-17(13-16)21-11-4-3-10-19/h5-7,13-15,18,20H,3-4,8-9,11-12H2,1-2H3. The highest BCUT2D eigenvalue weighted by atomic mass is 16.5. The van der Waals surface area contributed by atoms with Crippen LogP contribution in [0.2, 0.25) is 0 Å². The molecular formula is C18H26N2O. The first-order valence-corrected chi connectivity index (χ1v) is 8.05. The molecule has 114 valence electrons. The molecule has 0 aromatic heterocycles. The molecule has 0 heterocycles. The van der Waals surface area contributed by atoms with Gasteiger partial charge >= 0.3 is 0 Å². The summed E-state index contributed by atoms with van der Waals surface area (Å²) < 4.78 is 5.69. The number of benzene rings is 1. The van der Waals surface area contributed by atoms with E-state index in [2.05, 4.69) is 37.4 Å². The summed E-state index contributed by atoms with van der Waals surface area (Å²) in [5.41, 5.74) is 1.14. The van der Waals surface area contributed by atoms with Crippen LogP contribution in [0, 0.1) is 23.2 Å². The number of unbranched alkanes of at least 4 members (excludes halogenated alkanes) is 1. The third-order valence-corrected chi connectivity index (χ3v) is 4.32. The Hall–Kier alpha value is -1.69. The van der Waals surface area contributed by atoms with Crippen LogP contribution in [0.1, 0.15) is 46.0 Å². The minimum absolute atomic E-state index is 0.551. The van der Waals surface area contributed by atoms with Crippen molar-refractivity contribution in [3.63, 3.8) is 0 Å². The average Bonchev–Trinajstić information content (AvgIpc) is 2.47. The van der Waals surface area contributed by atoms with Gasteiger partial charge in [-0.3, -0.25) is 0 Å². The first-order valence-electron chi connectivity index (χ1n) is 8.05. The van der Waals surface area contributed by atoms with Gasteiger partial charge in [-0.15, -0.1) is 0 Å². The molecule has 3 unspecified atom stereocenters. The molecule has 0 spiro atoms. The van der Waals surface area contributed by atoms with Gasteiger partial charge in [0.05, 0.1) is 12.7 Å². The van der Waals surface area contributed by atoms with E-state index in [9.17, 15) is 0 Å².